The van der Waals surface area contributed by atoms with E-state index in [9.17, 15) is 9.59 Å². The third-order valence-corrected chi connectivity index (χ3v) is 1.70. The molecule has 2 atom stereocenters. The van der Waals surface area contributed by atoms with Crippen LogP contribution >= 0.6 is 0 Å². The van der Waals surface area contributed by atoms with Gasteiger partial charge in [-0.1, -0.05) is 0 Å². The fraction of sp³-hybridized carbons (Fsp3) is 0.800. The van der Waals surface area contributed by atoms with E-state index in [-0.39, 0.29) is 0 Å². The Bertz CT molecular complexity index is 200. The molecule has 0 aromatic heterocycles. The summed E-state index contributed by atoms with van der Waals surface area (Å²) in [6, 6.07) is -0.731. The number of carboxylic acids is 2. The lowest BCUT2D eigenvalue weighted by atomic mass is 10.4. The molecule has 8 heteroatoms. The molecular weight excluding hydrogens is 242 g/mol. The average molecular weight is 265 g/mol. The molecule has 0 spiro atoms. The highest BCUT2D eigenvalue weighted by atomic mass is 16.4. The SMILES string of the molecule is C1CNCCN1.CC(N)C(=O)O.CC(O)C(=O)O. The average Bonchev–Trinajstić information content (AvgIpc) is 2.32. The zero-order chi connectivity index (χ0) is 14.6. The highest BCUT2D eigenvalue weighted by Crippen LogP contribution is 1.73. The second-order valence-corrected chi connectivity index (χ2v) is 3.64. The fourth-order valence-electron chi connectivity index (χ4n) is 0.604. The molecule has 108 valence electrons. The summed E-state index contributed by atoms with van der Waals surface area (Å²) in [4.78, 5) is 19.0. The van der Waals surface area contributed by atoms with Gasteiger partial charge in [0, 0.05) is 26.2 Å². The summed E-state index contributed by atoms with van der Waals surface area (Å²) in [6.07, 6.45) is -1.23. The number of aliphatic carboxylic acids is 2. The number of hydrogen-bond donors (Lipinski definition) is 6. The summed E-state index contributed by atoms with van der Waals surface area (Å²) in [6.45, 7) is 7.17. The molecular formula is C10H23N3O5. The minimum absolute atomic E-state index is 0.731. The van der Waals surface area contributed by atoms with Gasteiger partial charge in [-0.2, -0.15) is 0 Å². The lowest BCUT2D eigenvalue weighted by molar-refractivity contribution is -0.145. The van der Waals surface area contributed by atoms with Crippen molar-refractivity contribution in [1.82, 2.24) is 10.6 Å². The van der Waals surface area contributed by atoms with E-state index >= 15 is 0 Å². The maximum atomic E-state index is 9.57. The molecule has 1 rings (SSSR count). The normalized spacial score (nSPS) is 17.1. The van der Waals surface area contributed by atoms with E-state index in [2.05, 4.69) is 10.6 Å². The number of carboxylic acid groups (broad SMARTS) is 2. The Morgan fingerprint density at radius 2 is 1.22 bits per heavy atom. The summed E-state index contributed by atoms with van der Waals surface area (Å²) in [5, 5.41) is 30.1. The van der Waals surface area contributed by atoms with Crippen molar-refractivity contribution in [3.8, 4) is 0 Å². The number of nitrogens with one attached hydrogen (secondary N) is 2. The minimum Gasteiger partial charge on any atom is -0.480 e. The molecule has 0 aliphatic carbocycles. The van der Waals surface area contributed by atoms with Gasteiger partial charge in [0.1, 0.15) is 12.1 Å². The summed E-state index contributed by atoms with van der Waals surface area (Å²) in [7, 11) is 0. The molecule has 1 heterocycles. The van der Waals surface area contributed by atoms with Gasteiger partial charge in [-0.15, -0.1) is 0 Å². The number of piperazine rings is 1. The van der Waals surface area contributed by atoms with Crippen LogP contribution in [0.15, 0.2) is 0 Å². The Kier molecular flexibility index (Phi) is 13.0. The van der Waals surface area contributed by atoms with Crippen LogP contribution in [0.25, 0.3) is 0 Å². The predicted molar refractivity (Wildman–Crippen MR) is 66.3 cm³/mol. The molecule has 0 aromatic rings. The molecule has 7 N–H and O–H groups in total. The molecule has 0 saturated carbocycles. The van der Waals surface area contributed by atoms with Gasteiger partial charge >= 0.3 is 11.9 Å². The molecule has 0 radical (unpaired) electrons. The molecule has 8 nitrogen and oxygen atoms in total. The Hall–Kier alpha value is -1.22. The van der Waals surface area contributed by atoms with Crippen LogP contribution in [-0.2, 0) is 9.59 Å². The summed E-state index contributed by atoms with van der Waals surface area (Å²) < 4.78 is 0. The van der Waals surface area contributed by atoms with Crippen molar-refractivity contribution in [2.24, 2.45) is 5.73 Å². The highest BCUT2D eigenvalue weighted by molar-refractivity contribution is 5.72. The van der Waals surface area contributed by atoms with Crippen LogP contribution in [-0.4, -0.2) is 65.6 Å². The standard InChI is InChI=1S/C4H10N2.C3H7NO2.C3H6O3/c1-2-6-4-3-5-1;2*1-2(4)3(5)6/h5-6H,1-4H2;2H,4H2,1H3,(H,5,6);2,4H,1H3,(H,5,6). The van der Waals surface area contributed by atoms with Crippen molar-refractivity contribution in [2.45, 2.75) is 26.0 Å². The zero-order valence-corrected chi connectivity index (χ0v) is 10.7. The number of carbonyl (C=O) groups is 2. The van der Waals surface area contributed by atoms with E-state index in [0.29, 0.717) is 0 Å². The maximum Gasteiger partial charge on any atom is 0.332 e. The molecule has 1 saturated heterocycles. The van der Waals surface area contributed by atoms with E-state index in [1.807, 2.05) is 0 Å². The first-order valence-corrected chi connectivity index (χ1v) is 5.59. The Balaban J connectivity index is 0. The van der Waals surface area contributed by atoms with E-state index in [4.69, 9.17) is 21.1 Å². The second-order valence-electron chi connectivity index (χ2n) is 3.64. The van der Waals surface area contributed by atoms with Crippen molar-refractivity contribution in [3.05, 3.63) is 0 Å². The Labute approximate surface area is 106 Å². The quantitative estimate of drug-likeness (QED) is 0.338. The lowest BCUT2D eigenvalue weighted by Crippen LogP contribution is -2.39. The number of aliphatic hydroxyl groups is 1. The van der Waals surface area contributed by atoms with Gasteiger partial charge in [-0.3, -0.25) is 4.79 Å². The molecule has 1 fully saturated rings. The minimum atomic E-state index is -1.23. The molecule has 1 aliphatic rings. The summed E-state index contributed by atoms with van der Waals surface area (Å²) in [5.74, 6) is -2.15. The molecule has 2 unspecified atom stereocenters. The van der Waals surface area contributed by atoms with Gasteiger partial charge < -0.3 is 31.7 Å². The molecule has 18 heavy (non-hydrogen) atoms. The van der Waals surface area contributed by atoms with Gasteiger partial charge in [0.05, 0.1) is 0 Å². The van der Waals surface area contributed by atoms with Crippen LogP contribution in [0.4, 0.5) is 0 Å². The Morgan fingerprint density at radius 1 is 1.00 bits per heavy atom. The molecule has 0 bridgehead atoms. The second kappa shape index (κ2) is 12.2. The van der Waals surface area contributed by atoms with E-state index in [1.54, 1.807) is 0 Å². The van der Waals surface area contributed by atoms with Crippen molar-refractivity contribution in [1.29, 1.82) is 0 Å². The monoisotopic (exact) mass is 265 g/mol. The first-order valence-electron chi connectivity index (χ1n) is 5.59. The smallest absolute Gasteiger partial charge is 0.332 e. The van der Waals surface area contributed by atoms with Crippen molar-refractivity contribution < 1.29 is 24.9 Å². The third-order valence-electron chi connectivity index (χ3n) is 1.70. The Morgan fingerprint density at radius 3 is 1.28 bits per heavy atom. The number of hydrogen-bond acceptors (Lipinski definition) is 6. The van der Waals surface area contributed by atoms with Crippen LogP contribution in [0, 0.1) is 0 Å². The summed E-state index contributed by atoms with van der Waals surface area (Å²) >= 11 is 0. The summed E-state index contributed by atoms with van der Waals surface area (Å²) in [5.41, 5.74) is 4.84. The van der Waals surface area contributed by atoms with E-state index in [1.165, 1.54) is 13.8 Å². The molecule has 0 aromatic carbocycles. The van der Waals surface area contributed by atoms with Crippen LogP contribution in [0.5, 0.6) is 0 Å². The lowest BCUT2D eigenvalue weighted by Gasteiger charge is -2.11. The van der Waals surface area contributed by atoms with Gasteiger partial charge in [-0.25, -0.2) is 4.79 Å². The van der Waals surface area contributed by atoms with Crippen LogP contribution in [0.3, 0.4) is 0 Å². The van der Waals surface area contributed by atoms with Gasteiger partial charge in [0.15, 0.2) is 0 Å². The third kappa shape index (κ3) is 17.2. The largest absolute Gasteiger partial charge is 0.480 e. The number of nitrogens with two attached hydrogens (primary N) is 1. The fourth-order valence-corrected chi connectivity index (χ4v) is 0.604. The zero-order valence-electron chi connectivity index (χ0n) is 10.7. The van der Waals surface area contributed by atoms with Gasteiger partial charge in [-0.05, 0) is 13.8 Å². The van der Waals surface area contributed by atoms with Crippen molar-refractivity contribution in [3.63, 3.8) is 0 Å². The highest BCUT2D eigenvalue weighted by Gasteiger charge is 2.01. The first kappa shape index (κ1) is 19.1. The first-order chi connectivity index (χ1) is 8.29. The molecule has 1 aliphatic heterocycles. The van der Waals surface area contributed by atoms with Crippen molar-refractivity contribution in [2.75, 3.05) is 26.2 Å². The molecule has 0 amide bonds. The maximum absolute atomic E-state index is 9.57. The van der Waals surface area contributed by atoms with Crippen molar-refractivity contribution >= 4 is 11.9 Å². The topological polar surface area (TPSA) is 145 Å². The number of aliphatic hydroxyl groups excluding tert-OH is 1. The van der Waals surface area contributed by atoms with Gasteiger partial charge in [0.25, 0.3) is 0 Å². The predicted octanol–water partition coefficient (Wildman–Crippen LogP) is -1.95. The van der Waals surface area contributed by atoms with Crippen LogP contribution in [0.1, 0.15) is 13.8 Å². The van der Waals surface area contributed by atoms with Gasteiger partial charge in [0.2, 0.25) is 0 Å². The van der Waals surface area contributed by atoms with Crippen LogP contribution in [0.2, 0.25) is 0 Å². The van der Waals surface area contributed by atoms with E-state index < -0.39 is 24.1 Å². The van der Waals surface area contributed by atoms with E-state index in [0.717, 1.165) is 26.2 Å². The number of rotatable bonds is 2. The van der Waals surface area contributed by atoms with Crippen LogP contribution < -0.4 is 16.4 Å².